The number of allylic oxidation sites excluding steroid dienone is 1. The molecule has 2 N–H and O–H groups in total. The zero-order chi connectivity index (χ0) is 20.5. The summed E-state index contributed by atoms with van der Waals surface area (Å²) in [6.07, 6.45) is 7.20. The molecule has 6 nitrogen and oxygen atoms in total. The highest BCUT2D eigenvalue weighted by molar-refractivity contribution is 7.19. The Morgan fingerprint density at radius 1 is 1.23 bits per heavy atom. The number of benzene rings is 1. The van der Waals surface area contributed by atoms with Crippen molar-refractivity contribution in [3.63, 3.8) is 0 Å². The van der Waals surface area contributed by atoms with Gasteiger partial charge in [0.05, 0.1) is 21.1 Å². The molecule has 5 rings (SSSR count). The van der Waals surface area contributed by atoms with Crippen LogP contribution in [-0.2, 0) is 4.79 Å². The maximum Gasteiger partial charge on any atom is 0.219 e. The van der Waals surface area contributed by atoms with Gasteiger partial charge in [0.1, 0.15) is 17.0 Å². The molecular weight excluding hydrogens is 414 g/mol. The van der Waals surface area contributed by atoms with E-state index in [1.165, 1.54) is 15.2 Å². The van der Waals surface area contributed by atoms with Gasteiger partial charge in [-0.15, -0.1) is 22.7 Å². The topological polar surface area (TPSA) is 79.8 Å². The van der Waals surface area contributed by atoms with Crippen LogP contribution in [0.3, 0.4) is 0 Å². The zero-order valence-electron chi connectivity index (χ0n) is 16.5. The summed E-state index contributed by atoms with van der Waals surface area (Å²) in [5.41, 5.74) is 5.14. The predicted molar refractivity (Wildman–Crippen MR) is 124 cm³/mol. The summed E-state index contributed by atoms with van der Waals surface area (Å²) >= 11 is 3.33. The van der Waals surface area contributed by atoms with Crippen LogP contribution in [0.4, 0.5) is 11.5 Å². The van der Waals surface area contributed by atoms with Crippen molar-refractivity contribution in [3.05, 3.63) is 47.1 Å². The van der Waals surface area contributed by atoms with Crippen molar-refractivity contribution in [1.29, 1.82) is 0 Å². The van der Waals surface area contributed by atoms with Crippen LogP contribution in [-0.4, -0.2) is 26.9 Å². The molecule has 0 bridgehead atoms. The number of anilines is 2. The molecular formula is C22H21N5OS2. The third kappa shape index (κ3) is 3.80. The minimum Gasteiger partial charge on any atom is -0.353 e. The van der Waals surface area contributed by atoms with E-state index in [1.54, 1.807) is 29.0 Å². The van der Waals surface area contributed by atoms with Crippen molar-refractivity contribution in [1.82, 2.24) is 20.3 Å². The number of nitrogens with one attached hydrogen (secondary N) is 2. The second-order valence-electron chi connectivity index (χ2n) is 7.33. The first-order valence-corrected chi connectivity index (χ1v) is 11.7. The van der Waals surface area contributed by atoms with Crippen LogP contribution in [0.5, 0.6) is 0 Å². The van der Waals surface area contributed by atoms with Crippen molar-refractivity contribution < 1.29 is 4.79 Å². The number of carbonyl (C=O) groups is 1. The number of carbonyl (C=O) groups excluding carboxylic acids is 1. The molecule has 1 aliphatic rings. The summed E-state index contributed by atoms with van der Waals surface area (Å²) in [6, 6.07) is 8.60. The fourth-order valence-electron chi connectivity index (χ4n) is 3.70. The average molecular weight is 436 g/mol. The molecule has 3 aromatic heterocycles. The molecule has 1 aromatic carbocycles. The molecule has 0 saturated heterocycles. The second kappa shape index (κ2) is 8.12. The van der Waals surface area contributed by atoms with E-state index in [0.717, 1.165) is 46.5 Å². The van der Waals surface area contributed by atoms with Gasteiger partial charge < -0.3 is 10.6 Å². The van der Waals surface area contributed by atoms with E-state index < -0.39 is 0 Å². The van der Waals surface area contributed by atoms with E-state index in [0.29, 0.717) is 6.42 Å². The number of thiophene rings is 1. The lowest BCUT2D eigenvalue weighted by Gasteiger charge is -2.22. The minimum atomic E-state index is 0.126. The lowest BCUT2D eigenvalue weighted by molar-refractivity contribution is -0.121. The number of rotatable bonds is 5. The molecule has 1 amide bonds. The summed E-state index contributed by atoms with van der Waals surface area (Å²) < 4.78 is 1.17. The minimum absolute atomic E-state index is 0.126. The van der Waals surface area contributed by atoms with Gasteiger partial charge in [-0.25, -0.2) is 15.0 Å². The van der Waals surface area contributed by atoms with Gasteiger partial charge in [-0.3, -0.25) is 4.79 Å². The smallest absolute Gasteiger partial charge is 0.219 e. The number of hydrogen-bond acceptors (Lipinski definition) is 7. The molecule has 4 aromatic rings. The van der Waals surface area contributed by atoms with Crippen LogP contribution in [0.25, 0.3) is 26.0 Å². The third-order valence-electron chi connectivity index (χ3n) is 5.34. The van der Waals surface area contributed by atoms with Crippen LogP contribution in [0.1, 0.15) is 37.5 Å². The summed E-state index contributed by atoms with van der Waals surface area (Å²) in [6.45, 7) is 1.89. The van der Waals surface area contributed by atoms with E-state index in [4.69, 9.17) is 0 Å². The molecule has 8 heteroatoms. The first-order chi connectivity index (χ1) is 14.7. The maximum atomic E-state index is 11.6. The number of fused-ring (bicyclic) bond motifs is 2. The van der Waals surface area contributed by atoms with Crippen molar-refractivity contribution in [2.45, 2.75) is 38.6 Å². The standard InChI is InChI=1S/C22H21N5OS2/c1-2-20(28)26-14-5-3-13(4-6-14)19-10-16-21(23-11-24-22(16)30-19)27-15-7-8-18-17(9-15)25-12-29-18/h3,7-12,14H,2,4-6H2,1H3,(H,26,28)(H,23,24,27). The van der Waals surface area contributed by atoms with Gasteiger partial charge in [-0.05, 0) is 49.1 Å². The summed E-state index contributed by atoms with van der Waals surface area (Å²) in [5, 5.41) is 7.56. The molecule has 1 atom stereocenters. The number of amides is 1. The van der Waals surface area contributed by atoms with Crippen LogP contribution in [0.2, 0.25) is 0 Å². The SMILES string of the molecule is CCC(=O)NC1CC=C(c2cc3c(Nc4ccc5scnc5c4)ncnc3s2)CC1. The van der Waals surface area contributed by atoms with E-state index in [1.807, 2.05) is 18.5 Å². The quantitative estimate of drug-likeness (QED) is 0.432. The Bertz CT molecular complexity index is 1260. The zero-order valence-corrected chi connectivity index (χ0v) is 18.1. The Kier molecular flexibility index (Phi) is 5.18. The largest absolute Gasteiger partial charge is 0.353 e. The summed E-state index contributed by atoms with van der Waals surface area (Å²) in [4.78, 5) is 27.2. The molecule has 0 spiro atoms. The number of nitrogens with zero attached hydrogens (tertiary/aromatic N) is 3. The summed E-state index contributed by atoms with van der Waals surface area (Å²) in [7, 11) is 0. The van der Waals surface area contributed by atoms with Crippen molar-refractivity contribution in [2.24, 2.45) is 0 Å². The highest BCUT2D eigenvalue weighted by Crippen LogP contribution is 2.37. The van der Waals surface area contributed by atoms with Gasteiger partial charge in [0.15, 0.2) is 0 Å². The fourth-order valence-corrected chi connectivity index (χ4v) is 5.43. The molecule has 152 valence electrons. The fraction of sp³-hybridized carbons (Fsp3) is 0.273. The van der Waals surface area contributed by atoms with E-state index in [-0.39, 0.29) is 11.9 Å². The van der Waals surface area contributed by atoms with E-state index >= 15 is 0 Å². The van der Waals surface area contributed by atoms with Gasteiger partial charge in [0.25, 0.3) is 0 Å². The molecule has 0 fully saturated rings. The second-order valence-corrected chi connectivity index (χ2v) is 9.25. The molecule has 1 unspecified atom stereocenters. The van der Waals surface area contributed by atoms with Crippen LogP contribution < -0.4 is 10.6 Å². The highest BCUT2D eigenvalue weighted by atomic mass is 32.1. The van der Waals surface area contributed by atoms with Crippen molar-refractivity contribution >= 4 is 66.1 Å². The number of hydrogen-bond donors (Lipinski definition) is 2. The van der Waals surface area contributed by atoms with E-state index in [2.05, 4.69) is 49.9 Å². The lowest BCUT2D eigenvalue weighted by atomic mass is 9.94. The average Bonchev–Trinajstić information content (AvgIpc) is 3.41. The van der Waals surface area contributed by atoms with Crippen LogP contribution in [0.15, 0.2) is 42.2 Å². The molecule has 0 radical (unpaired) electrons. The van der Waals surface area contributed by atoms with Crippen molar-refractivity contribution in [2.75, 3.05) is 5.32 Å². The van der Waals surface area contributed by atoms with Gasteiger partial charge in [0.2, 0.25) is 5.91 Å². The molecule has 30 heavy (non-hydrogen) atoms. The third-order valence-corrected chi connectivity index (χ3v) is 7.26. The highest BCUT2D eigenvalue weighted by Gasteiger charge is 2.19. The van der Waals surface area contributed by atoms with Gasteiger partial charge in [-0.2, -0.15) is 0 Å². The van der Waals surface area contributed by atoms with E-state index in [9.17, 15) is 4.79 Å². The molecule has 0 saturated carbocycles. The van der Waals surface area contributed by atoms with Crippen LogP contribution in [0, 0.1) is 0 Å². The Labute approximate surface area is 182 Å². The first-order valence-electron chi connectivity index (χ1n) is 10.0. The molecule has 0 aliphatic heterocycles. The molecule has 3 heterocycles. The molecule has 1 aliphatic carbocycles. The Balaban J connectivity index is 1.39. The van der Waals surface area contributed by atoms with Crippen molar-refractivity contribution in [3.8, 4) is 0 Å². The first kappa shape index (κ1) is 19.1. The Morgan fingerprint density at radius 3 is 3.00 bits per heavy atom. The Morgan fingerprint density at radius 2 is 2.17 bits per heavy atom. The Hall–Kier alpha value is -2.84. The maximum absolute atomic E-state index is 11.6. The number of aromatic nitrogens is 3. The van der Waals surface area contributed by atoms with Crippen LogP contribution >= 0.6 is 22.7 Å². The number of thiazole rings is 1. The van der Waals surface area contributed by atoms with Gasteiger partial charge in [-0.1, -0.05) is 13.0 Å². The normalized spacial score (nSPS) is 16.6. The van der Waals surface area contributed by atoms with Gasteiger partial charge in [0, 0.05) is 23.0 Å². The lowest BCUT2D eigenvalue weighted by Crippen LogP contribution is -2.35. The van der Waals surface area contributed by atoms with Gasteiger partial charge >= 0.3 is 0 Å². The monoisotopic (exact) mass is 435 g/mol. The predicted octanol–water partition coefficient (Wildman–Crippen LogP) is 5.51. The summed E-state index contributed by atoms with van der Waals surface area (Å²) in [5.74, 6) is 0.933.